The number of hydrogen-bond donors (Lipinski definition) is 0. The molecule has 0 radical (unpaired) electrons. The molecule has 0 fully saturated rings. The molecule has 26 heavy (non-hydrogen) atoms. The van der Waals surface area contributed by atoms with E-state index in [1.807, 2.05) is 30.3 Å². The van der Waals surface area contributed by atoms with Crippen molar-refractivity contribution in [3.05, 3.63) is 72.2 Å². The van der Waals surface area contributed by atoms with Crippen molar-refractivity contribution in [2.45, 2.75) is 6.61 Å². The second kappa shape index (κ2) is 6.84. The van der Waals surface area contributed by atoms with Crippen molar-refractivity contribution in [1.29, 1.82) is 0 Å². The van der Waals surface area contributed by atoms with Crippen molar-refractivity contribution in [2.24, 2.45) is 0 Å². The highest BCUT2D eigenvalue weighted by molar-refractivity contribution is 5.74. The fraction of sp³-hybridized carbons (Fsp3) is 0.100. The van der Waals surface area contributed by atoms with Crippen molar-refractivity contribution in [1.82, 2.24) is 9.97 Å². The molecular weight excluding hydrogens is 335 g/mol. The van der Waals surface area contributed by atoms with E-state index < -0.39 is 0 Å². The third-order valence-electron chi connectivity index (χ3n) is 3.85. The van der Waals surface area contributed by atoms with Crippen LogP contribution in [0.5, 0.6) is 11.5 Å². The van der Waals surface area contributed by atoms with Crippen molar-refractivity contribution < 1.29 is 18.3 Å². The molecule has 2 heterocycles. The zero-order valence-electron chi connectivity index (χ0n) is 14.0. The molecule has 0 N–H and O–H groups in total. The van der Waals surface area contributed by atoms with Gasteiger partial charge in [-0.1, -0.05) is 12.1 Å². The maximum absolute atomic E-state index is 13.6. The Morgan fingerprint density at radius 2 is 1.96 bits per heavy atom. The topological polar surface area (TPSA) is 57.4 Å². The summed E-state index contributed by atoms with van der Waals surface area (Å²) in [5.41, 5.74) is 2.50. The van der Waals surface area contributed by atoms with Crippen molar-refractivity contribution >= 4 is 11.2 Å². The smallest absolute Gasteiger partial charge is 0.247 e. The summed E-state index contributed by atoms with van der Waals surface area (Å²) in [6.07, 6.45) is 1.65. The molecule has 5 nitrogen and oxygen atoms in total. The molecule has 2 aromatic carbocycles. The average molecular weight is 350 g/mol. The van der Waals surface area contributed by atoms with Gasteiger partial charge in [0, 0.05) is 12.3 Å². The Kier molecular flexibility index (Phi) is 4.23. The van der Waals surface area contributed by atoms with Gasteiger partial charge in [-0.15, -0.1) is 0 Å². The molecule has 0 unspecified atom stereocenters. The fourth-order valence-electron chi connectivity index (χ4n) is 2.64. The summed E-state index contributed by atoms with van der Waals surface area (Å²) in [5.74, 6) is 1.08. The number of pyridine rings is 1. The van der Waals surface area contributed by atoms with Crippen LogP contribution in [0.4, 0.5) is 4.39 Å². The lowest BCUT2D eigenvalue weighted by Gasteiger charge is -2.10. The third kappa shape index (κ3) is 3.21. The molecule has 130 valence electrons. The summed E-state index contributed by atoms with van der Waals surface area (Å²) in [6, 6.07) is 15.5. The molecule has 4 rings (SSSR count). The summed E-state index contributed by atoms with van der Waals surface area (Å²) >= 11 is 0. The number of oxazole rings is 1. The average Bonchev–Trinajstić information content (AvgIpc) is 3.10. The van der Waals surface area contributed by atoms with Crippen LogP contribution in [0.3, 0.4) is 0 Å². The zero-order valence-corrected chi connectivity index (χ0v) is 14.0. The van der Waals surface area contributed by atoms with Crippen molar-refractivity contribution in [2.75, 3.05) is 7.11 Å². The van der Waals surface area contributed by atoms with Crippen LogP contribution in [0, 0.1) is 5.82 Å². The Labute approximate surface area is 149 Å². The van der Waals surface area contributed by atoms with Gasteiger partial charge in [0.2, 0.25) is 11.6 Å². The van der Waals surface area contributed by atoms with E-state index in [1.165, 1.54) is 19.2 Å². The molecule has 2 aromatic heterocycles. The van der Waals surface area contributed by atoms with E-state index in [0.29, 0.717) is 39.7 Å². The molecule has 0 aliphatic heterocycles. The first-order valence-electron chi connectivity index (χ1n) is 8.00. The largest absolute Gasteiger partial charge is 0.497 e. The molecule has 0 aliphatic carbocycles. The van der Waals surface area contributed by atoms with Gasteiger partial charge in [-0.2, -0.15) is 0 Å². The van der Waals surface area contributed by atoms with Crippen LogP contribution in [0.25, 0.3) is 22.7 Å². The molecule has 0 aliphatic rings. The molecule has 0 saturated carbocycles. The van der Waals surface area contributed by atoms with Crippen LogP contribution in [0.2, 0.25) is 0 Å². The summed E-state index contributed by atoms with van der Waals surface area (Å²) in [6.45, 7) is 0.184. The van der Waals surface area contributed by atoms with Gasteiger partial charge in [0.05, 0.1) is 12.7 Å². The fourth-order valence-corrected chi connectivity index (χ4v) is 2.64. The molecule has 0 bridgehead atoms. The predicted octanol–water partition coefficient (Wildman–Crippen LogP) is 4.62. The van der Waals surface area contributed by atoms with Gasteiger partial charge < -0.3 is 13.9 Å². The first-order valence-corrected chi connectivity index (χ1v) is 8.00. The number of nitrogens with zero attached hydrogens (tertiary/aromatic N) is 2. The third-order valence-corrected chi connectivity index (χ3v) is 3.85. The Bertz CT molecular complexity index is 1030. The number of ether oxygens (including phenoxy) is 2. The minimum atomic E-state index is -0.374. The maximum atomic E-state index is 13.6. The van der Waals surface area contributed by atoms with E-state index in [-0.39, 0.29) is 12.4 Å². The molecule has 6 heteroatoms. The number of halogens is 1. The van der Waals surface area contributed by atoms with E-state index >= 15 is 0 Å². The number of hydrogen-bond acceptors (Lipinski definition) is 5. The summed E-state index contributed by atoms with van der Waals surface area (Å²) in [5, 5.41) is 0. The van der Waals surface area contributed by atoms with Crippen LogP contribution >= 0.6 is 0 Å². The lowest BCUT2D eigenvalue weighted by molar-refractivity contribution is 0.305. The standard InChI is InChI=1S/C20H15FN2O3/c1-24-15-10-13(9-14(21)11-15)12-25-18-7-3-2-5-16(18)19-23-17-6-4-8-22-20(17)26-19/h2-11H,12H2,1H3. The summed E-state index contributed by atoms with van der Waals surface area (Å²) < 4.78 is 30.3. The molecule has 0 saturated heterocycles. The van der Waals surface area contributed by atoms with Crippen molar-refractivity contribution in [3.8, 4) is 23.0 Å². The van der Waals surface area contributed by atoms with Crippen LogP contribution in [0.15, 0.2) is 65.2 Å². The number of para-hydroxylation sites is 1. The Balaban J connectivity index is 1.63. The molecular formula is C20H15FN2O3. The number of benzene rings is 2. The number of rotatable bonds is 5. The van der Waals surface area contributed by atoms with Gasteiger partial charge in [0.1, 0.15) is 29.4 Å². The zero-order chi connectivity index (χ0) is 17.9. The first kappa shape index (κ1) is 16.1. The summed E-state index contributed by atoms with van der Waals surface area (Å²) in [4.78, 5) is 8.60. The van der Waals surface area contributed by atoms with E-state index in [9.17, 15) is 4.39 Å². The molecule has 0 spiro atoms. The van der Waals surface area contributed by atoms with Crippen molar-refractivity contribution in [3.63, 3.8) is 0 Å². The van der Waals surface area contributed by atoms with Crippen LogP contribution in [-0.2, 0) is 6.61 Å². The van der Waals surface area contributed by atoms with Gasteiger partial charge in [-0.25, -0.2) is 14.4 Å². The number of methoxy groups -OCH3 is 1. The van der Waals surface area contributed by atoms with Crippen LogP contribution < -0.4 is 9.47 Å². The van der Waals surface area contributed by atoms with Gasteiger partial charge >= 0.3 is 0 Å². The predicted molar refractivity (Wildman–Crippen MR) is 94.5 cm³/mol. The number of fused-ring (bicyclic) bond motifs is 1. The Morgan fingerprint density at radius 3 is 2.81 bits per heavy atom. The highest BCUT2D eigenvalue weighted by atomic mass is 19.1. The monoisotopic (exact) mass is 350 g/mol. The highest BCUT2D eigenvalue weighted by Gasteiger charge is 2.14. The van der Waals surface area contributed by atoms with Crippen LogP contribution in [0.1, 0.15) is 5.56 Å². The SMILES string of the molecule is COc1cc(F)cc(COc2ccccc2-c2nc3cccnc3o2)c1. The van der Waals surface area contributed by atoms with Crippen LogP contribution in [-0.4, -0.2) is 17.1 Å². The van der Waals surface area contributed by atoms with Gasteiger partial charge in [0.25, 0.3) is 0 Å². The second-order valence-electron chi connectivity index (χ2n) is 5.63. The lowest BCUT2D eigenvalue weighted by atomic mass is 10.2. The Morgan fingerprint density at radius 1 is 1.08 bits per heavy atom. The normalized spacial score (nSPS) is 10.8. The highest BCUT2D eigenvalue weighted by Crippen LogP contribution is 2.31. The molecule has 0 atom stereocenters. The molecule has 0 amide bonds. The van der Waals surface area contributed by atoms with E-state index in [1.54, 1.807) is 18.3 Å². The van der Waals surface area contributed by atoms with Gasteiger partial charge in [-0.05, 0) is 42.0 Å². The minimum absolute atomic E-state index is 0.184. The van der Waals surface area contributed by atoms with Gasteiger partial charge in [-0.3, -0.25) is 0 Å². The molecule has 4 aromatic rings. The first-order chi connectivity index (χ1) is 12.7. The maximum Gasteiger partial charge on any atom is 0.247 e. The second-order valence-corrected chi connectivity index (χ2v) is 5.63. The quantitative estimate of drug-likeness (QED) is 0.526. The lowest BCUT2D eigenvalue weighted by Crippen LogP contribution is -1.98. The Hall–Kier alpha value is -3.41. The van der Waals surface area contributed by atoms with E-state index in [2.05, 4.69) is 9.97 Å². The summed E-state index contributed by atoms with van der Waals surface area (Å²) in [7, 11) is 1.50. The minimum Gasteiger partial charge on any atom is -0.497 e. The van der Waals surface area contributed by atoms with Gasteiger partial charge in [0.15, 0.2) is 0 Å². The van der Waals surface area contributed by atoms with E-state index in [0.717, 1.165) is 0 Å². The van der Waals surface area contributed by atoms with E-state index in [4.69, 9.17) is 13.9 Å². The number of aromatic nitrogens is 2.